The third kappa shape index (κ3) is 5.40. The lowest BCUT2D eigenvalue weighted by Gasteiger charge is -2.09. The summed E-state index contributed by atoms with van der Waals surface area (Å²) < 4.78 is 10.3. The zero-order chi connectivity index (χ0) is 24.0. The monoisotopic (exact) mass is 462 g/mol. The van der Waals surface area contributed by atoms with Crippen LogP contribution in [0.1, 0.15) is 28.4 Å². The van der Waals surface area contributed by atoms with E-state index in [-0.39, 0.29) is 29.2 Å². The summed E-state index contributed by atoms with van der Waals surface area (Å²) in [6, 6.07) is 14.0. The molecule has 3 rings (SSSR count). The average Bonchev–Trinajstić information content (AvgIpc) is 3.22. The molecule has 8 heteroatoms. The number of nitrogens with one attached hydrogen (secondary N) is 1. The Balaban J connectivity index is 1.96. The van der Waals surface area contributed by atoms with Crippen LogP contribution in [-0.4, -0.2) is 30.7 Å². The normalized spacial score (nSPS) is 10.9. The highest BCUT2D eigenvalue weighted by Gasteiger charge is 2.23. The first-order valence-corrected chi connectivity index (χ1v) is 10.9. The van der Waals surface area contributed by atoms with E-state index in [4.69, 9.17) is 9.47 Å². The molecule has 0 unspecified atom stereocenters. The number of phenolic OH excluding ortho intramolecular Hbond substituents is 1. The van der Waals surface area contributed by atoms with Crippen LogP contribution in [0.3, 0.4) is 0 Å². The maximum Gasteiger partial charge on any atom is 0.341 e. The first kappa shape index (κ1) is 23.6. The quantitative estimate of drug-likeness (QED) is 0.285. The number of esters is 1. The zero-order valence-corrected chi connectivity index (χ0v) is 19.2. The Morgan fingerprint density at radius 1 is 1.21 bits per heavy atom. The number of anilines is 1. The summed E-state index contributed by atoms with van der Waals surface area (Å²) in [5, 5.41) is 24.0. The summed E-state index contributed by atoms with van der Waals surface area (Å²) in [7, 11) is 1.40. The highest BCUT2D eigenvalue weighted by atomic mass is 32.1. The minimum Gasteiger partial charge on any atom is -0.504 e. The van der Waals surface area contributed by atoms with Crippen LogP contribution < -0.4 is 10.1 Å². The molecule has 0 bridgehead atoms. The second-order valence-electron chi connectivity index (χ2n) is 7.00. The van der Waals surface area contributed by atoms with Gasteiger partial charge in [-0.1, -0.05) is 35.9 Å². The van der Waals surface area contributed by atoms with Gasteiger partial charge in [-0.3, -0.25) is 4.79 Å². The van der Waals surface area contributed by atoms with Crippen molar-refractivity contribution in [1.82, 2.24) is 0 Å². The zero-order valence-electron chi connectivity index (χ0n) is 18.3. The van der Waals surface area contributed by atoms with Crippen molar-refractivity contribution in [2.75, 3.05) is 19.0 Å². The van der Waals surface area contributed by atoms with Gasteiger partial charge in [0.2, 0.25) is 0 Å². The topological polar surface area (TPSA) is 109 Å². The molecule has 0 radical (unpaired) electrons. The summed E-state index contributed by atoms with van der Waals surface area (Å²) in [5.41, 5.74) is 3.08. The molecule has 0 fully saturated rings. The number of carbonyl (C=O) groups is 2. The van der Waals surface area contributed by atoms with Crippen LogP contribution in [0.25, 0.3) is 17.2 Å². The van der Waals surface area contributed by atoms with Crippen LogP contribution >= 0.6 is 11.3 Å². The number of thiophene rings is 1. The van der Waals surface area contributed by atoms with E-state index in [1.165, 1.54) is 36.7 Å². The number of nitrogens with zero attached hydrogens (tertiary/aromatic N) is 1. The summed E-state index contributed by atoms with van der Waals surface area (Å²) in [6.07, 6.45) is 1.37. The molecule has 2 aromatic carbocycles. The summed E-state index contributed by atoms with van der Waals surface area (Å²) in [5.74, 6) is -1.08. The van der Waals surface area contributed by atoms with E-state index in [0.717, 1.165) is 11.1 Å². The van der Waals surface area contributed by atoms with Gasteiger partial charge in [-0.15, -0.1) is 11.3 Å². The maximum absolute atomic E-state index is 12.9. The fraction of sp³-hybridized carbons (Fsp3) is 0.160. The lowest BCUT2D eigenvalue weighted by Crippen LogP contribution is -2.16. The predicted molar refractivity (Wildman–Crippen MR) is 127 cm³/mol. The largest absolute Gasteiger partial charge is 0.504 e. The molecular weight excluding hydrogens is 440 g/mol. The Morgan fingerprint density at radius 3 is 2.58 bits per heavy atom. The minimum atomic E-state index is -0.674. The number of hydrogen-bond acceptors (Lipinski definition) is 7. The first-order valence-electron chi connectivity index (χ1n) is 10.0. The van der Waals surface area contributed by atoms with Gasteiger partial charge in [-0.05, 0) is 43.2 Å². The number of aromatic hydroxyl groups is 1. The van der Waals surface area contributed by atoms with E-state index in [1.807, 2.05) is 37.3 Å². The van der Waals surface area contributed by atoms with Crippen LogP contribution in [0, 0.1) is 18.3 Å². The maximum atomic E-state index is 12.9. The van der Waals surface area contributed by atoms with Crippen molar-refractivity contribution in [1.29, 1.82) is 5.26 Å². The van der Waals surface area contributed by atoms with Crippen LogP contribution in [0.4, 0.5) is 5.00 Å². The molecule has 33 heavy (non-hydrogen) atoms. The number of amides is 1. The number of carbonyl (C=O) groups excluding carboxylic acids is 2. The standard InChI is InChI=1S/C25H22N2O5S/c1-4-32-25(30)22-19(17-8-5-15(2)6-9-17)14-33-24(22)27-23(29)18(13-26)11-16-7-10-20(28)21(12-16)31-3/h5-12,14,28H,4H2,1-3H3,(H,27,29). The van der Waals surface area contributed by atoms with Crippen LogP contribution in [0.2, 0.25) is 0 Å². The molecule has 0 aliphatic carbocycles. The number of phenols is 1. The highest BCUT2D eigenvalue weighted by molar-refractivity contribution is 7.15. The van der Waals surface area contributed by atoms with E-state index in [1.54, 1.807) is 18.4 Å². The number of hydrogen-bond donors (Lipinski definition) is 2. The third-order valence-corrected chi connectivity index (χ3v) is 5.64. The van der Waals surface area contributed by atoms with Gasteiger partial charge in [0.25, 0.3) is 5.91 Å². The van der Waals surface area contributed by atoms with Gasteiger partial charge in [0, 0.05) is 10.9 Å². The van der Waals surface area contributed by atoms with Gasteiger partial charge in [-0.2, -0.15) is 5.26 Å². The van der Waals surface area contributed by atoms with Gasteiger partial charge < -0.3 is 19.9 Å². The summed E-state index contributed by atoms with van der Waals surface area (Å²) in [6.45, 7) is 3.85. The van der Waals surface area contributed by atoms with Crippen LogP contribution in [0.15, 0.2) is 53.4 Å². The Kier molecular flexibility index (Phi) is 7.49. The fourth-order valence-electron chi connectivity index (χ4n) is 3.07. The SMILES string of the molecule is CCOC(=O)c1c(-c2ccc(C)cc2)csc1NC(=O)C(C#N)=Cc1ccc(O)c(OC)c1. The second-order valence-corrected chi connectivity index (χ2v) is 7.87. The molecule has 2 N–H and O–H groups in total. The van der Waals surface area contributed by atoms with E-state index < -0.39 is 11.9 Å². The lowest BCUT2D eigenvalue weighted by molar-refractivity contribution is -0.112. The average molecular weight is 463 g/mol. The van der Waals surface area contributed by atoms with Gasteiger partial charge in [0.15, 0.2) is 11.5 Å². The predicted octanol–water partition coefficient (Wildman–Crippen LogP) is 5.16. The number of methoxy groups -OCH3 is 1. The molecule has 3 aromatic rings. The molecule has 7 nitrogen and oxygen atoms in total. The van der Waals surface area contributed by atoms with E-state index in [2.05, 4.69) is 5.32 Å². The van der Waals surface area contributed by atoms with E-state index in [0.29, 0.717) is 16.1 Å². The molecule has 1 amide bonds. The molecular formula is C25H22N2O5S. The van der Waals surface area contributed by atoms with Crippen molar-refractivity contribution in [3.63, 3.8) is 0 Å². The third-order valence-electron chi connectivity index (χ3n) is 4.74. The van der Waals surface area contributed by atoms with E-state index >= 15 is 0 Å². The van der Waals surface area contributed by atoms with Crippen LogP contribution in [0.5, 0.6) is 11.5 Å². The van der Waals surface area contributed by atoms with E-state index in [9.17, 15) is 20.0 Å². The Bertz CT molecular complexity index is 1250. The Labute approximate surface area is 195 Å². The van der Waals surface area contributed by atoms with Crippen molar-refractivity contribution in [3.8, 4) is 28.7 Å². The highest BCUT2D eigenvalue weighted by Crippen LogP contribution is 2.36. The van der Waals surface area contributed by atoms with Crippen molar-refractivity contribution >= 4 is 34.3 Å². The number of ether oxygens (including phenoxy) is 2. The number of benzene rings is 2. The smallest absolute Gasteiger partial charge is 0.341 e. The number of nitriles is 1. The summed E-state index contributed by atoms with van der Waals surface area (Å²) in [4.78, 5) is 25.6. The first-order chi connectivity index (χ1) is 15.9. The lowest BCUT2D eigenvalue weighted by atomic mass is 10.0. The molecule has 168 valence electrons. The fourth-order valence-corrected chi connectivity index (χ4v) is 4.02. The Hall–Kier alpha value is -4.09. The van der Waals surface area contributed by atoms with Crippen molar-refractivity contribution in [2.24, 2.45) is 0 Å². The van der Waals surface area contributed by atoms with Crippen molar-refractivity contribution in [2.45, 2.75) is 13.8 Å². The van der Waals surface area contributed by atoms with Gasteiger partial charge in [0.1, 0.15) is 22.2 Å². The molecule has 0 atom stereocenters. The van der Waals surface area contributed by atoms with Crippen molar-refractivity contribution in [3.05, 3.63) is 70.1 Å². The molecule has 1 aromatic heterocycles. The van der Waals surface area contributed by atoms with Crippen LogP contribution in [-0.2, 0) is 9.53 Å². The van der Waals surface area contributed by atoms with Crippen molar-refractivity contribution < 1.29 is 24.2 Å². The van der Waals surface area contributed by atoms with Gasteiger partial charge >= 0.3 is 5.97 Å². The van der Waals surface area contributed by atoms with Gasteiger partial charge in [-0.25, -0.2) is 4.79 Å². The number of aryl methyl sites for hydroxylation is 1. The molecule has 0 saturated heterocycles. The summed E-state index contributed by atoms with van der Waals surface area (Å²) >= 11 is 1.18. The molecule has 0 aliphatic heterocycles. The number of rotatable bonds is 7. The molecule has 0 saturated carbocycles. The molecule has 0 spiro atoms. The molecule has 1 heterocycles. The molecule has 0 aliphatic rings. The van der Waals surface area contributed by atoms with Gasteiger partial charge in [0.05, 0.1) is 13.7 Å². The second kappa shape index (κ2) is 10.5. The Morgan fingerprint density at radius 2 is 1.94 bits per heavy atom. The minimum absolute atomic E-state index is 0.0566.